The molecule has 0 aliphatic rings. The Morgan fingerprint density at radius 3 is 1.53 bits per heavy atom. The lowest BCUT2D eigenvalue weighted by Gasteiger charge is -2.17. The molecule has 0 amide bonds. The van der Waals surface area contributed by atoms with Gasteiger partial charge in [-0.2, -0.15) is 0 Å². The van der Waals surface area contributed by atoms with Gasteiger partial charge in [0.25, 0.3) is 0 Å². The van der Waals surface area contributed by atoms with E-state index < -0.39 is 0 Å². The van der Waals surface area contributed by atoms with E-state index in [0.717, 1.165) is 44.5 Å². The van der Waals surface area contributed by atoms with Crippen molar-refractivity contribution in [1.29, 1.82) is 0 Å². The fourth-order valence-electron chi connectivity index (χ4n) is 8.13. The predicted octanol–water partition coefficient (Wildman–Crippen LogP) is 13.1. The van der Waals surface area contributed by atoms with Crippen molar-refractivity contribution in [2.45, 2.75) is 0 Å². The number of fused-ring (bicyclic) bond motifs is 7. The Balaban J connectivity index is 1.22. The molecule has 0 bridgehead atoms. The highest BCUT2D eigenvalue weighted by molar-refractivity contribution is 6.23. The van der Waals surface area contributed by atoms with Crippen LogP contribution in [0.3, 0.4) is 0 Å². The molecule has 0 aliphatic heterocycles. The molecule has 256 valence electrons. The van der Waals surface area contributed by atoms with Crippen LogP contribution in [0.5, 0.6) is 0 Å². The van der Waals surface area contributed by atoms with Crippen LogP contribution in [0.2, 0.25) is 0 Å². The third kappa shape index (κ3) is 5.26. The van der Waals surface area contributed by atoms with Crippen molar-refractivity contribution in [3.63, 3.8) is 0 Å². The second-order valence-electron chi connectivity index (χ2n) is 14.1. The zero-order valence-corrected chi connectivity index (χ0v) is 29.8. The van der Waals surface area contributed by atoms with Crippen LogP contribution >= 0.6 is 0 Å². The van der Waals surface area contributed by atoms with E-state index in [1.54, 1.807) is 0 Å². The molecule has 4 heteroatoms. The van der Waals surface area contributed by atoms with Gasteiger partial charge in [0.15, 0.2) is 17.5 Å². The maximum absolute atomic E-state index is 5.12. The second kappa shape index (κ2) is 12.6. The number of hydrogen-bond donors (Lipinski definition) is 0. The van der Waals surface area contributed by atoms with Crippen LogP contribution in [-0.2, 0) is 0 Å². The van der Waals surface area contributed by atoms with Crippen molar-refractivity contribution >= 4 is 54.1 Å². The van der Waals surface area contributed by atoms with Crippen molar-refractivity contribution in [2.24, 2.45) is 0 Å². The first-order valence-electron chi connectivity index (χ1n) is 18.6. The van der Waals surface area contributed by atoms with Crippen LogP contribution in [0, 0.1) is 0 Å². The fourth-order valence-corrected chi connectivity index (χ4v) is 8.13. The summed E-state index contributed by atoms with van der Waals surface area (Å²) in [5.41, 5.74) is 8.43. The third-order valence-electron chi connectivity index (χ3n) is 10.8. The largest absolute Gasteiger partial charge is 0.309 e. The Bertz CT molecular complexity index is 3200. The lowest BCUT2D eigenvalue weighted by Crippen LogP contribution is -2.02. The first-order chi connectivity index (χ1) is 27.2. The Hall–Kier alpha value is -7.43. The Morgan fingerprint density at radius 1 is 0.309 bits per heavy atom. The quantitative estimate of drug-likeness (QED) is 0.179. The molecular formula is C51H32N4. The monoisotopic (exact) mass is 700 g/mol. The van der Waals surface area contributed by atoms with E-state index in [4.69, 9.17) is 15.0 Å². The molecule has 11 aromatic rings. The first kappa shape index (κ1) is 31.1. The molecule has 11 rings (SSSR count). The molecular weight excluding hydrogens is 669 g/mol. The Kier molecular flexibility index (Phi) is 7.14. The molecule has 2 aromatic heterocycles. The molecule has 4 nitrogen and oxygen atoms in total. The minimum absolute atomic E-state index is 0.625. The molecule has 0 aliphatic carbocycles. The van der Waals surface area contributed by atoms with E-state index in [1.807, 2.05) is 60.7 Å². The van der Waals surface area contributed by atoms with Gasteiger partial charge in [-0.05, 0) is 80.3 Å². The Labute approximate surface area is 317 Å². The molecule has 0 atom stereocenters. The normalized spacial score (nSPS) is 11.6. The topological polar surface area (TPSA) is 43.6 Å². The molecule has 0 saturated carbocycles. The lowest BCUT2D eigenvalue weighted by molar-refractivity contribution is 1.07. The summed E-state index contributed by atoms with van der Waals surface area (Å²) in [6.07, 6.45) is 0. The zero-order chi connectivity index (χ0) is 36.3. The molecule has 0 N–H and O–H groups in total. The second-order valence-corrected chi connectivity index (χ2v) is 14.1. The predicted molar refractivity (Wildman–Crippen MR) is 228 cm³/mol. The highest BCUT2D eigenvalue weighted by Gasteiger charge is 2.20. The maximum Gasteiger partial charge on any atom is 0.164 e. The number of nitrogens with zero attached hydrogens (tertiary/aromatic N) is 4. The van der Waals surface area contributed by atoms with E-state index in [9.17, 15) is 0 Å². The van der Waals surface area contributed by atoms with Crippen molar-refractivity contribution in [3.8, 4) is 51.0 Å². The van der Waals surface area contributed by atoms with Crippen LogP contribution in [0.4, 0.5) is 0 Å². The minimum Gasteiger partial charge on any atom is -0.309 e. The van der Waals surface area contributed by atoms with Crippen molar-refractivity contribution < 1.29 is 0 Å². The van der Waals surface area contributed by atoms with Crippen LogP contribution in [0.1, 0.15) is 0 Å². The van der Waals surface area contributed by atoms with E-state index in [1.165, 1.54) is 43.1 Å². The van der Waals surface area contributed by atoms with Gasteiger partial charge in [-0.1, -0.05) is 152 Å². The van der Waals surface area contributed by atoms with E-state index in [-0.39, 0.29) is 0 Å². The molecule has 0 unspecified atom stereocenters. The standard InChI is InChI=1S/C51H32N4/c1-3-15-35(16-4-1)49-52-50(36-17-5-2-6-18-36)54-51(53-49)41-26-27-45(43(31-41)40-24-23-33-13-7-8-19-37(33)29-40)55-46-28-25-34-14-11-12-22-42(34)48(46)44-30-38-20-9-10-21-39(38)32-47(44)55/h1-32H. The smallest absolute Gasteiger partial charge is 0.164 e. The molecule has 0 saturated heterocycles. The molecule has 0 radical (unpaired) electrons. The number of aromatic nitrogens is 4. The summed E-state index contributed by atoms with van der Waals surface area (Å²) >= 11 is 0. The average molecular weight is 701 g/mol. The van der Waals surface area contributed by atoms with Crippen molar-refractivity contribution in [1.82, 2.24) is 19.5 Å². The zero-order valence-electron chi connectivity index (χ0n) is 29.8. The summed E-state index contributed by atoms with van der Waals surface area (Å²) in [6.45, 7) is 0. The number of benzene rings is 9. The van der Waals surface area contributed by atoms with Gasteiger partial charge in [-0.3, -0.25) is 0 Å². The minimum atomic E-state index is 0.625. The van der Waals surface area contributed by atoms with Crippen molar-refractivity contribution in [3.05, 3.63) is 194 Å². The summed E-state index contributed by atoms with van der Waals surface area (Å²) in [7, 11) is 0. The van der Waals surface area contributed by atoms with Crippen molar-refractivity contribution in [2.75, 3.05) is 0 Å². The highest BCUT2D eigenvalue weighted by Crippen LogP contribution is 2.42. The summed E-state index contributed by atoms with van der Waals surface area (Å²) in [4.78, 5) is 15.2. The fraction of sp³-hybridized carbons (Fsp3) is 0. The summed E-state index contributed by atoms with van der Waals surface area (Å²) in [5, 5.41) is 9.79. The van der Waals surface area contributed by atoms with Gasteiger partial charge in [0, 0.05) is 33.0 Å². The molecule has 55 heavy (non-hydrogen) atoms. The van der Waals surface area contributed by atoms with Gasteiger partial charge in [-0.15, -0.1) is 0 Å². The molecule has 0 fully saturated rings. The van der Waals surface area contributed by atoms with E-state index >= 15 is 0 Å². The van der Waals surface area contributed by atoms with Gasteiger partial charge in [0.05, 0.1) is 16.7 Å². The van der Waals surface area contributed by atoms with Crippen LogP contribution < -0.4 is 0 Å². The number of hydrogen-bond acceptors (Lipinski definition) is 3. The van der Waals surface area contributed by atoms with Gasteiger partial charge in [0.2, 0.25) is 0 Å². The summed E-state index contributed by atoms with van der Waals surface area (Å²) < 4.78 is 2.45. The molecule has 2 heterocycles. The van der Waals surface area contributed by atoms with E-state index in [2.05, 4.69) is 138 Å². The van der Waals surface area contributed by atoms with Gasteiger partial charge < -0.3 is 4.57 Å². The van der Waals surface area contributed by atoms with Gasteiger partial charge in [-0.25, -0.2) is 15.0 Å². The summed E-state index contributed by atoms with van der Waals surface area (Å²) in [6, 6.07) is 68.9. The SMILES string of the molecule is c1ccc(-c2nc(-c3ccccc3)nc(-c3ccc(-n4c5cc6ccccc6cc5c5c6ccccc6ccc54)c(-c4ccc5ccccc5c4)c3)n2)cc1. The lowest BCUT2D eigenvalue weighted by atomic mass is 9.97. The Morgan fingerprint density at radius 2 is 0.836 bits per heavy atom. The highest BCUT2D eigenvalue weighted by atomic mass is 15.0. The molecule has 9 aromatic carbocycles. The van der Waals surface area contributed by atoms with Crippen LogP contribution in [-0.4, -0.2) is 19.5 Å². The van der Waals surface area contributed by atoms with Gasteiger partial charge >= 0.3 is 0 Å². The molecule has 0 spiro atoms. The van der Waals surface area contributed by atoms with Gasteiger partial charge in [0.1, 0.15) is 0 Å². The average Bonchev–Trinajstić information content (AvgIpc) is 3.59. The summed E-state index contributed by atoms with van der Waals surface area (Å²) in [5.74, 6) is 1.91. The number of rotatable bonds is 5. The van der Waals surface area contributed by atoms with Crippen LogP contribution in [0.15, 0.2) is 194 Å². The third-order valence-corrected chi connectivity index (χ3v) is 10.8. The van der Waals surface area contributed by atoms with Crippen LogP contribution in [0.25, 0.3) is 105 Å². The maximum atomic E-state index is 5.12. The first-order valence-corrected chi connectivity index (χ1v) is 18.6. The van der Waals surface area contributed by atoms with E-state index in [0.29, 0.717) is 17.5 Å².